The number of carbonyl (C=O) groups excluding carboxylic acids is 3. The largest absolute Gasteiger partial charge is 0.462 e. The second kappa shape index (κ2) is 45.1. The summed E-state index contributed by atoms with van der Waals surface area (Å²) in [5.74, 6) is -0.862. The molecule has 0 N–H and O–H groups in total. The Morgan fingerprint density at radius 3 is 0.727 bits per heavy atom. The van der Waals surface area contributed by atoms with Crippen LogP contribution < -0.4 is 0 Å². The van der Waals surface area contributed by atoms with E-state index in [1.807, 2.05) is 0 Å². The first-order chi connectivity index (χ1) is 27.0. The number of hydrogen-bond acceptors (Lipinski definition) is 6. The molecule has 0 saturated heterocycles. The lowest BCUT2D eigenvalue weighted by atomic mass is 10.0. The maximum Gasteiger partial charge on any atom is 0.306 e. The maximum absolute atomic E-state index is 12.5. The van der Waals surface area contributed by atoms with Gasteiger partial charge in [0.25, 0.3) is 0 Å². The summed E-state index contributed by atoms with van der Waals surface area (Å²) in [6.07, 6.45) is 47.0. The van der Waals surface area contributed by atoms with E-state index in [0.29, 0.717) is 19.3 Å². The highest BCUT2D eigenvalue weighted by atomic mass is 16.6. The van der Waals surface area contributed by atoms with Crippen molar-refractivity contribution >= 4 is 17.9 Å². The zero-order valence-electron chi connectivity index (χ0n) is 37.2. The molecule has 0 aromatic carbocycles. The standard InChI is InChI=1S/C49H94O6/c1-4-7-10-13-15-17-19-21-22-23-24-25-26-28-30-32-34-37-39-42-48(51)54-45-46(55-49(52)43-40-35-12-9-6-3)44-53-47(50)41-38-36-33-31-29-27-20-18-16-14-11-8-5-2/h46H,4-45H2,1-3H3/t46-/m1/s1. The van der Waals surface area contributed by atoms with Gasteiger partial charge in [-0.25, -0.2) is 0 Å². The van der Waals surface area contributed by atoms with Gasteiger partial charge in [-0.2, -0.15) is 0 Å². The molecule has 0 aromatic heterocycles. The first-order valence-corrected chi connectivity index (χ1v) is 24.5. The monoisotopic (exact) mass is 779 g/mol. The van der Waals surface area contributed by atoms with Crippen LogP contribution in [0.2, 0.25) is 0 Å². The van der Waals surface area contributed by atoms with Crippen molar-refractivity contribution in [3.63, 3.8) is 0 Å². The van der Waals surface area contributed by atoms with Crippen LogP contribution in [0, 0.1) is 0 Å². The van der Waals surface area contributed by atoms with Crippen molar-refractivity contribution in [2.45, 2.75) is 284 Å². The van der Waals surface area contributed by atoms with Crippen LogP contribution in [-0.4, -0.2) is 37.2 Å². The molecule has 0 amide bonds. The summed E-state index contributed by atoms with van der Waals surface area (Å²) in [6.45, 7) is 6.59. The highest BCUT2D eigenvalue weighted by molar-refractivity contribution is 5.71. The number of rotatable bonds is 45. The summed E-state index contributed by atoms with van der Waals surface area (Å²) in [5, 5.41) is 0. The smallest absolute Gasteiger partial charge is 0.306 e. The fourth-order valence-electron chi connectivity index (χ4n) is 7.38. The van der Waals surface area contributed by atoms with Crippen LogP contribution in [0.4, 0.5) is 0 Å². The number of ether oxygens (including phenoxy) is 3. The predicted octanol–water partition coefficient (Wildman–Crippen LogP) is 15.6. The predicted molar refractivity (Wildman–Crippen MR) is 233 cm³/mol. The minimum Gasteiger partial charge on any atom is -0.462 e. The normalized spacial score (nSPS) is 11.8. The molecular weight excluding hydrogens is 685 g/mol. The molecule has 6 nitrogen and oxygen atoms in total. The van der Waals surface area contributed by atoms with Gasteiger partial charge in [0, 0.05) is 19.3 Å². The molecular formula is C49H94O6. The molecule has 326 valence electrons. The lowest BCUT2D eigenvalue weighted by Crippen LogP contribution is -2.30. The molecule has 0 unspecified atom stereocenters. The van der Waals surface area contributed by atoms with Gasteiger partial charge in [-0.15, -0.1) is 0 Å². The first kappa shape index (κ1) is 53.4. The third kappa shape index (κ3) is 43.4. The van der Waals surface area contributed by atoms with Gasteiger partial charge in [0.2, 0.25) is 0 Å². The Morgan fingerprint density at radius 2 is 0.491 bits per heavy atom. The Morgan fingerprint density at radius 1 is 0.291 bits per heavy atom. The molecule has 0 heterocycles. The minimum absolute atomic E-state index is 0.0639. The van der Waals surface area contributed by atoms with Gasteiger partial charge < -0.3 is 14.2 Å². The van der Waals surface area contributed by atoms with Gasteiger partial charge in [0.15, 0.2) is 6.10 Å². The van der Waals surface area contributed by atoms with E-state index in [9.17, 15) is 14.4 Å². The molecule has 0 rings (SSSR count). The summed E-state index contributed by atoms with van der Waals surface area (Å²) < 4.78 is 16.6. The zero-order chi connectivity index (χ0) is 40.1. The van der Waals surface area contributed by atoms with Gasteiger partial charge in [-0.05, 0) is 19.3 Å². The number of carbonyl (C=O) groups is 3. The van der Waals surface area contributed by atoms with Crippen LogP contribution in [0.25, 0.3) is 0 Å². The van der Waals surface area contributed by atoms with E-state index in [1.165, 1.54) is 173 Å². The van der Waals surface area contributed by atoms with Gasteiger partial charge in [-0.1, -0.05) is 239 Å². The van der Waals surface area contributed by atoms with Crippen LogP contribution in [0.5, 0.6) is 0 Å². The van der Waals surface area contributed by atoms with E-state index in [4.69, 9.17) is 14.2 Å². The Kier molecular flexibility index (Phi) is 43.8. The molecule has 0 aromatic rings. The van der Waals surface area contributed by atoms with E-state index >= 15 is 0 Å². The van der Waals surface area contributed by atoms with E-state index in [1.54, 1.807) is 0 Å². The highest BCUT2D eigenvalue weighted by Gasteiger charge is 2.19. The second-order valence-electron chi connectivity index (χ2n) is 16.7. The van der Waals surface area contributed by atoms with Crippen LogP contribution in [0.15, 0.2) is 0 Å². The summed E-state index contributed by atoms with van der Waals surface area (Å²) >= 11 is 0. The molecule has 1 atom stereocenters. The average Bonchev–Trinajstić information content (AvgIpc) is 3.18. The van der Waals surface area contributed by atoms with Crippen molar-refractivity contribution in [3.05, 3.63) is 0 Å². The molecule has 0 spiro atoms. The van der Waals surface area contributed by atoms with Gasteiger partial charge in [0.1, 0.15) is 13.2 Å². The van der Waals surface area contributed by atoms with E-state index in [0.717, 1.165) is 64.2 Å². The third-order valence-corrected chi connectivity index (χ3v) is 11.1. The molecule has 6 heteroatoms. The van der Waals surface area contributed by atoms with E-state index in [2.05, 4.69) is 20.8 Å². The summed E-state index contributed by atoms with van der Waals surface area (Å²) in [5.41, 5.74) is 0. The van der Waals surface area contributed by atoms with Crippen LogP contribution >= 0.6 is 0 Å². The Hall–Kier alpha value is -1.59. The van der Waals surface area contributed by atoms with Gasteiger partial charge in [0.05, 0.1) is 0 Å². The van der Waals surface area contributed by atoms with Crippen molar-refractivity contribution in [3.8, 4) is 0 Å². The molecule has 0 aliphatic rings. The lowest BCUT2D eigenvalue weighted by molar-refractivity contribution is -0.167. The Labute approximate surface area is 342 Å². The van der Waals surface area contributed by atoms with Gasteiger partial charge in [-0.3, -0.25) is 14.4 Å². The van der Waals surface area contributed by atoms with Crippen molar-refractivity contribution in [2.75, 3.05) is 13.2 Å². The Bertz CT molecular complexity index is 813. The summed E-state index contributed by atoms with van der Waals surface area (Å²) in [7, 11) is 0. The SMILES string of the molecule is CCCCCCCCCCCCCCCCCCCCCC(=O)OC[C@@H](COC(=O)CCCCCCCCCCCCCCC)OC(=O)CCCCCCC. The van der Waals surface area contributed by atoms with Gasteiger partial charge >= 0.3 is 17.9 Å². The quantitative estimate of drug-likeness (QED) is 0.0348. The van der Waals surface area contributed by atoms with Crippen LogP contribution in [0.1, 0.15) is 278 Å². The molecule has 0 aliphatic heterocycles. The molecule has 0 radical (unpaired) electrons. The maximum atomic E-state index is 12.5. The molecule has 0 fully saturated rings. The third-order valence-electron chi connectivity index (χ3n) is 11.1. The average molecular weight is 779 g/mol. The highest BCUT2D eigenvalue weighted by Crippen LogP contribution is 2.16. The molecule has 0 bridgehead atoms. The molecule has 0 aliphatic carbocycles. The van der Waals surface area contributed by atoms with Crippen molar-refractivity contribution in [1.29, 1.82) is 0 Å². The van der Waals surface area contributed by atoms with Crippen LogP contribution in [-0.2, 0) is 28.6 Å². The zero-order valence-corrected chi connectivity index (χ0v) is 37.2. The van der Waals surface area contributed by atoms with Crippen molar-refractivity contribution in [1.82, 2.24) is 0 Å². The first-order valence-electron chi connectivity index (χ1n) is 24.5. The van der Waals surface area contributed by atoms with E-state index in [-0.39, 0.29) is 31.1 Å². The van der Waals surface area contributed by atoms with Crippen LogP contribution in [0.3, 0.4) is 0 Å². The van der Waals surface area contributed by atoms with Crippen molar-refractivity contribution < 1.29 is 28.6 Å². The summed E-state index contributed by atoms with van der Waals surface area (Å²) in [6, 6.07) is 0. The second-order valence-corrected chi connectivity index (χ2v) is 16.7. The molecule has 0 saturated carbocycles. The summed E-state index contributed by atoms with van der Waals surface area (Å²) in [4.78, 5) is 37.5. The lowest BCUT2D eigenvalue weighted by Gasteiger charge is -2.18. The molecule has 55 heavy (non-hydrogen) atoms. The number of hydrogen-bond donors (Lipinski definition) is 0. The van der Waals surface area contributed by atoms with Crippen molar-refractivity contribution in [2.24, 2.45) is 0 Å². The number of esters is 3. The Balaban J connectivity index is 4.05. The minimum atomic E-state index is -0.757. The number of unbranched alkanes of at least 4 members (excludes halogenated alkanes) is 34. The topological polar surface area (TPSA) is 78.9 Å². The van der Waals surface area contributed by atoms with E-state index < -0.39 is 6.10 Å². The fourth-order valence-corrected chi connectivity index (χ4v) is 7.38. The fraction of sp³-hybridized carbons (Fsp3) is 0.939.